The van der Waals surface area contributed by atoms with Crippen molar-refractivity contribution < 1.29 is 19.1 Å². The summed E-state index contributed by atoms with van der Waals surface area (Å²) in [7, 11) is 0. The van der Waals surface area contributed by atoms with Crippen LogP contribution in [0.25, 0.3) is 0 Å². The van der Waals surface area contributed by atoms with Gasteiger partial charge >= 0.3 is 6.09 Å². The molecule has 4 unspecified atom stereocenters. The molecule has 3 fully saturated rings. The maximum Gasteiger partial charge on any atom is 0.407 e. The molecule has 34 heavy (non-hydrogen) atoms. The van der Waals surface area contributed by atoms with Gasteiger partial charge in [-0.3, -0.25) is 9.59 Å². The third kappa shape index (κ3) is 5.04. The second kappa shape index (κ2) is 9.40. The van der Waals surface area contributed by atoms with Crippen molar-refractivity contribution in [1.82, 2.24) is 15.5 Å². The number of alkyl carbamates (subject to hydrolysis) is 1. The van der Waals surface area contributed by atoms with E-state index in [1.165, 1.54) is 5.56 Å². The molecule has 0 bridgehead atoms. The van der Waals surface area contributed by atoms with Crippen LogP contribution in [0.15, 0.2) is 24.3 Å². The van der Waals surface area contributed by atoms with Crippen LogP contribution < -0.4 is 10.6 Å². The fourth-order valence-corrected chi connectivity index (χ4v) is 6.03. The quantitative estimate of drug-likeness (QED) is 0.651. The summed E-state index contributed by atoms with van der Waals surface area (Å²) in [4.78, 5) is 40.1. The molecule has 186 valence electrons. The summed E-state index contributed by atoms with van der Waals surface area (Å²) >= 11 is 6.07. The number of rotatable bonds is 5. The normalized spacial score (nSPS) is 29.1. The highest BCUT2D eigenvalue weighted by molar-refractivity contribution is 6.30. The van der Waals surface area contributed by atoms with Crippen LogP contribution in [0, 0.1) is 17.3 Å². The van der Waals surface area contributed by atoms with Crippen LogP contribution in [-0.2, 0) is 14.3 Å². The molecule has 1 spiro atoms. The van der Waals surface area contributed by atoms with Gasteiger partial charge in [0.05, 0.1) is 6.54 Å². The minimum atomic E-state index is -0.579. The van der Waals surface area contributed by atoms with Crippen LogP contribution in [0.4, 0.5) is 4.79 Å². The van der Waals surface area contributed by atoms with Gasteiger partial charge in [-0.1, -0.05) is 51.4 Å². The lowest BCUT2D eigenvalue weighted by atomic mass is 9.70. The van der Waals surface area contributed by atoms with Crippen molar-refractivity contribution in [2.24, 2.45) is 17.3 Å². The van der Waals surface area contributed by atoms with Crippen LogP contribution >= 0.6 is 11.6 Å². The van der Waals surface area contributed by atoms with E-state index in [2.05, 4.69) is 36.6 Å². The van der Waals surface area contributed by atoms with E-state index in [-0.39, 0.29) is 29.1 Å². The molecule has 1 saturated carbocycles. The van der Waals surface area contributed by atoms with Crippen LogP contribution in [0.5, 0.6) is 0 Å². The fourth-order valence-electron chi connectivity index (χ4n) is 5.91. The summed E-state index contributed by atoms with van der Waals surface area (Å²) in [5.74, 6) is -0.100. The van der Waals surface area contributed by atoms with E-state index >= 15 is 0 Å². The van der Waals surface area contributed by atoms with Crippen molar-refractivity contribution in [3.63, 3.8) is 0 Å². The molecule has 4 rings (SSSR count). The minimum absolute atomic E-state index is 0.0207. The monoisotopic (exact) mass is 489 g/mol. The number of hydrogen-bond donors (Lipinski definition) is 2. The lowest BCUT2D eigenvalue weighted by molar-refractivity contribution is -0.141. The number of nitrogens with one attached hydrogen (secondary N) is 2. The first kappa shape index (κ1) is 24.8. The van der Waals surface area contributed by atoms with Crippen LogP contribution in [0.2, 0.25) is 5.02 Å². The predicted octanol–water partition coefficient (Wildman–Crippen LogP) is 4.10. The van der Waals surface area contributed by atoms with Gasteiger partial charge in [0.25, 0.3) is 0 Å². The molecule has 8 heteroatoms. The molecule has 3 amide bonds. The number of piperidine rings is 1. The standard InChI is InChI=1S/C26H36ClN3O4/c1-16(2)21(29-22(31)18-9-11-26(13-18)14-28-24(33)34-26)23(32)30-12-10-20(25(3,4)15-30)17-5-7-19(27)8-6-17/h5-8,16,18,20-21H,9-15H2,1-4H3,(H,28,33)(H,29,31). The fraction of sp³-hybridized carbons (Fsp3) is 0.654. The number of carbonyl (C=O) groups is 3. The summed E-state index contributed by atoms with van der Waals surface area (Å²) in [5, 5.41) is 6.46. The molecule has 0 radical (unpaired) electrons. The zero-order valence-electron chi connectivity index (χ0n) is 20.5. The van der Waals surface area contributed by atoms with E-state index in [1.807, 2.05) is 30.9 Å². The summed E-state index contributed by atoms with van der Waals surface area (Å²) in [6, 6.07) is 7.43. The maximum atomic E-state index is 13.6. The molecule has 4 atom stereocenters. The Morgan fingerprint density at radius 3 is 2.50 bits per heavy atom. The molecule has 1 aromatic carbocycles. The SMILES string of the molecule is CC(C)C(NC(=O)C1CCC2(CNC(=O)O2)C1)C(=O)N1CCC(c2ccc(Cl)cc2)C(C)(C)C1. The van der Waals surface area contributed by atoms with Crippen LogP contribution in [0.1, 0.15) is 64.9 Å². The number of hydrogen-bond acceptors (Lipinski definition) is 4. The van der Waals surface area contributed by atoms with E-state index in [4.69, 9.17) is 16.3 Å². The molecule has 2 aliphatic heterocycles. The van der Waals surface area contributed by atoms with Crippen molar-refractivity contribution in [2.45, 2.75) is 70.9 Å². The van der Waals surface area contributed by atoms with E-state index in [0.717, 1.165) is 11.4 Å². The van der Waals surface area contributed by atoms with E-state index < -0.39 is 17.7 Å². The summed E-state index contributed by atoms with van der Waals surface area (Å²) in [6.07, 6.45) is 2.26. The Morgan fingerprint density at radius 2 is 1.91 bits per heavy atom. The second-order valence-electron chi connectivity index (χ2n) is 11.2. The lowest BCUT2D eigenvalue weighted by Crippen LogP contribution is -2.56. The maximum absolute atomic E-state index is 13.6. The van der Waals surface area contributed by atoms with Crippen molar-refractivity contribution in [3.8, 4) is 0 Å². The highest BCUT2D eigenvalue weighted by atomic mass is 35.5. The number of nitrogens with zero attached hydrogens (tertiary/aromatic N) is 1. The third-order valence-corrected chi connectivity index (χ3v) is 8.10. The van der Waals surface area contributed by atoms with Gasteiger partial charge in [-0.2, -0.15) is 0 Å². The van der Waals surface area contributed by atoms with Gasteiger partial charge < -0.3 is 20.3 Å². The average molecular weight is 490 g/mol. The zero-order chi connectivity index (χ0) is 24.7. The Kier molecular flexibility index (Phi) is 6.87. The zero-order valence-corrected chi connectivity index (χ0v) is 21.3. The molecule has 2 N–H and O–H groups in total. The molecular formula is C26H36ClN3O4. The Morgan fingerprint density at radius 1 is 1.21 bits per heavy atom. The number of amides is 3. The minimum Gasteiger partial charge on any atom is -0.441 e. The highest BCUT2D eigenvalue weighted by Crippen LogP contribution is 2.43. The molecule has 1 aliphatic carbocycles. The first-order valence-electron chi connectivity index (χ1n) is 12.3. The molecule has 3 aliphatic rings. The van der Waals surface area contributed by atoms with Gasteiger partial charge in [-0.05, 0) is 54.2 Å². The van der Waals surface area contributed by atoms with E-state index in [0.29, 0.717) is 44.8 Å². The smallest absolute Gasteiger partial charge is 0.407 e. The molecule has 0 aromatic heterocycles. The van der Waals surface area contributed by atoms with Crippen LogP contribution in [0.3, 0.4) is 0 Å². The molecule has 2 heterocycles. The summed E-state index contributed by atoms with van der Waals surface area (Å²) < 4.78 is 5.45. The second-order valence-corrected chi connectivity index (χ2v) is 11.7. The molecule has 1 aromatic rings. The number of carbonyl (C=O) groups excluding carboxylic acids is 3. The number of likely N-dealkylation sites (tertiary alicyclic amines) is 1. The Hall–Kier alpha value is -2.28. The van der Waals surface area contributed by atoms with Crippen molar-refractivity contribution in [3.05, 3.63) is 34.9 Å². The molecule has 7 nitrogen and oxygen atoms in total. The predicted molar refractivity (Wildman–Crippen MR) is 130 cm³/mol. The topological polar surface area (TPSA) is 87.7 Å². The average Bonchev–Trinajstić information content (AvgIpc) is 3.36. The Labute approximate surface area is 206 Å². The van der Waals surface area contributed by atoms with Crippen molar-refractivity contribution >= 4 is 29.5 Å². The van der Waals surface area contributed by atoms with E-state index in [1.54, 1.807) is 0 Å². The van der Waals surface area contributed by atoms with E-state index in [9.17, 15) is 14.4 Å². The molecular weight excluding hydrogens is 454 g/mol. The van der Waals surface area contributed by atoms with Crippen LogP contribution in [-0.4, -0.2) is 54.1 Å². The van der Waals surface area contributed by atoms with Crippen molar-refractivity contribution in [2.75, 3.05) is 19.6 Å². The number of halogens is 1. The largest absolute Gasteiger partial charge is 0.441 e. The third-order valence-electron chi connectivity index (χ3n) is 7.85. The van der Waals surface area contributed by atoms with Gasteiger partial charge in [0.2, 0.25) is 11.8 Å². The summed E-state index contributed by atoms with van der Waals surface area (Å²) in [6.45, 7) is 10.1. The Bertz CT molecular complexity index is 948. The van der Waals surface area contributed by atoms with Gasteiger partial charge in [0.15, 0.2) is 0 Å². The molecule has 2 saturated heterocycles. The first-order valence-corrected chi connectivity index (χ1v) is 12.7. The number of ether oxygens (including phenoxy) is 1. The first-order chi connectivity index (χ1) is 16.0. The number of benzene rings is 1. The van der Waals surface area contributed by atoms with Gasteiger partial charge in [0.1, 0.15) is 11.6 Å². The van der Waals surface area contributed by atoms with Gasteiger partial charge in [-0.15, -0.1) is 0 Å². The van der Waals surface area contributed by atoms with Gasteiger partial charge in [-0.25, -0.2) is 4.79 Å². The lowest BCUT2D eigenvalue weighted by Gasteiger charge is -2.46. The Balaban J connectivity index is 1.40. The highest BCUT2D eigenvalue weighted by Gasteiger charge is 2.49. The summed E-state index contributed by atoms with van der Waals surface area (Å²) in [5.41, 5.74) is 0.557. The van der Waals surface area contributed by atoms with Gasteiger partial charge in [0, 0.05) is 30.5 Å². The van der Waals surface area contributed by atoms with Crippen molar-refractivity contribution in [1.29, 1.82) is 0 Å².